The van der Waals surface area contributed by atoms with Crippen molar-refractivity contribution in [2.75, 3.05) is 11.9 Å². The number of rotatable bonds is 6. The maximum Gasteiger partial charge on any atom is 0.225 e. The smallest absolute Gasteiger partial charge is 0.225 e. The van der Waals surface area contributed by atoms with Gasteiger partial charge >= 0.3 is 0 Å². The molecule has 1 heterocycles. The molecule has 1 aromatic carbocycles. The highest BCUT2D eigenvalue weighted by atomic mass is 16.3. The van der Waals surface area contributed by atoms with Crippen LogP contribution in [0, 0.1) is 0 Å². The van der Waals surface area contributed by atoms with Crippen molar-refractivity contribution in [1.82, 2.24) is 5.32 Å². The number of hydrogen-bond acceptors (Lipinski definition) is 3. The SMILES string of the molecule is O=C(CCNCc1ccco1)Nc1ccccc1. The van der Waals surface area contributed by atoms with Gasteiger partial charge in [-0.15, -0.1) is 0 Å². The normalized spacial score (nSPS) is 10.2. The lowest BCUT2D eigenvalue weighted by Crippen LogP contribution is -2.21. The highest BCUT2D eigenvalue weighted by Crippen LogP contribution is 2.05. The van der Waals surface area contributed by atoms with Gasteiger partial charge in [0.15, 0.2) is 0 Å². The van der Waals surface area contributed by atoms with Gasteiger partial charge in [-0.2, -0.15) is 0 Å². The van der Waals surface area contributed by atoms with Crippen molar-refractivity contribution in [3.05, 3.63) is 54.5 Å². The van der Waals surface area contributed by atoms with E-state index in [1.54, 1.807) is 6.26 Å². The van der Waals surface area contributed by atoms with Gasteiger partial charge in [0.05, 0.1) is 12.8 Å². The van der Waals surface area contributed by atoms with Crippen LogP contribution < -0.4 is 10.6 Å². The third kappa shape index (κ3) is 4.07. The number of furan rings is 1. The van der Waals surface area contributed by atoms with Crippen LogP contribution in [-0.4, -0.2) is 12.5 Å². The van der Waals surface area contributed by atoms with E-state index in [4.69, 9.17) is 4.42 Å². The summed E-state index contributed by atoms with van der Waals surface area (Å²) in [6.45, 7) is 1.27. The molecule has 0 radical (unpaired) electrons. The molecule has 0 aliphatic heterocycles. The van der Waals surface area contributed by atoms with Gasteiger partial charge in [-0.3, -0.25) is 4.79 Å². The molecule has 4 heteroatoms. The van der Waals surface area contributed by atoms with E-state index in [1.807, 2.05) is 42.5 Å². The molecular weight excluding hydrogens is 228 g/mol. The fourth-order valence-corrected chi connectivity index (χ4v) is 1.57. The minimum Gasteiger partial charge on any atom is -0.468 e. The largest absolute Gasteiger partial charge is 0.468 e. The average molecular weight is 244 g/mol. The number of para-hydroxylation sites is 1. The van der Waals surface area contributed by atoms with Crippen molar-refractivity contribution in [2.24, 2.45) is 0 Å². The molecule has 2 N–H and O–H groups in total. The van der Waals surface area contributed by atoms with Gasteiger partial charge in [0.1, 0.15) is 5.76 Å². The summed E-state index contributed by atoms with van der Waals surface area (Å²) in [5, 5.41) is 5.98. The minimum atomic E-state index is 0.00754. The van der Waals surface area contributed by atoms with Gasteiger partial charge in [0.25, 0.3) is 0 Å². The molecule has 2 rings (SSSR count). The van der Waals surface area contributed by atoms with Crippen LogP contribution in [0.2, 0.25) is 0 Å². The summed E-state index contributed by atoms with van der Waals surface area (Å²) in [7, 11) is 0. The predicted octanol–water partition coefficient (Wildman–Crippen LogP) is 2.40. The Labute approximate surface area is 106 Å². The molecule has 0 bridgehead atoms. The van der Waals surface area contributed by atoms with Gasteiger partial charge in [-0.05, 0) is 24.3 Å². The first-order chi connectivity index (χ1) is 8.84. The van der Waals surface area contributed by atoms with Crippen LogP contribution >= 0.6 is 0 Å². The van der Waals surface area contributed by atoms with E-state index in [0.717, 1.165) is 11.4 Å². The Balaban J connectivity index is 1.63. The van der Waals surface area contributed by atoms with E-state index < -0.39 is 0 Å². The van der Waals surface area contributed by atoms with E-state index in [1.165, 1.54) is 0 Å². The number of amides is 1. The van der Waals surface area contributed by atoms with Crippen molar-refractivity contribution >= 4 is 11.6 Å². The number of carbonyl (C=O) groups excluding carboxylic acids is 1. The van der Waals surface area contributed by atoms with Crippen LogP contribution in [0.15, 0.2) is 53.1 Å². The van der Waals surface area contributed by atoms with Crippen LogP contribution in [0.5, 0.6) is 0 Å². The first-order valence-corrected chi connectivity index (χ1v) is 5.92. The van der Waals surface area contributed by atoms with E-state index in [-0.39, 0.29) is 5.91 Å². The van der Waals surface area contributed by atoms with Crippen molar-refractivity contribution in [1.29, 1.82) is 0 Å². The van der Waals surface area contributed by atoms with Crippen LogP contribution in [0.4, 0.5) is 5.69 Å². The fourth-order valence-electron chi connectivity index (χ4n) is 1.57. The van der Waals surface area contributed by atoms with Gasteiger partial charge in [0, 0.05) is 18.7 Å². The molecule has 1 amide bonds. The molecule has 94 valence electrons. The summed E-state index contributed by atoms with van der Waals surface area (Å²) in [6.07, 6.45) is 2.08. The topological polar surface area (TPSA) is 54.3 Å². The zero-order valence-electron chi connectivity index (χ0n) is 10.1. The summed E-state index contributed by atoms with van der Waals surface area (Å²) in [6, 6.07) is 13.2. The lowest BCUT2D eigenvalue weighted by atomic mass is 10.3. The Morgan fingerprint density at radius 3 is 2.67 bits per heavy atom. The maximum atomic E-state index is 11.6. The molecule has 0 atom stereocenters. The van der Waals surface area contributed by atoms with E-state index in [9.17, 15) is 4.79 Å². The summed E-state index contributed by atoms with van der Waals surface area (Å²) in [5.41, 5.74) is 0.827. The monoisotopic (exact) mass is 244 g/mol. The quantitative estimate of drug-likeness (QED) is 0.767. The molecule has 2 aromatic rings. The molecule has 0 aliphatic carbocycles. The van der Waals surface area contributed by atoms with Gasteiger partial charge in [-0.25, -0.2) is 0 Å². The Morgan fingerprint density at radius 1 is 1.11 bits per heavy atom. The molecule has 0 aliphatic rings. The molecule has 0 unspecified atom stereocenters. The molecule has 1 aromatic heterocycles. The third-order valence-corrected chi connectivity index (χ3v) is 2.47. The standard InChI is InChI=1S/C14H16N2O2/c17-14(16-12-5-2-1-3-6-12)8-9-15-11-13-7-4-10-18-13/h1-7,10,15H,8-9,11H2,(H,16,17). The molecule has 0 saturated heterocycles. The number of hydrogen-bond donors (Lipinski definition) is 2. The lowest BCUT2D eigenvalue weighted by Gasteiger charge is -2.05. The van der Waals surface area contributed by atoms with Crippen molar-refractivity contribution in [3.63, 3.8) is 0 Å². The predicted molar refractivity (Wildman–Crippen MR) is 70.1 cm³/mol. The number of nitrogens with one attached hydrogen (secondary N) is 2. The average Bonchev–Trinajstić information content (AvgIpc) is 2.89. The molecular formula is C14H16N2O2. The first-order valence-electron chi connectivity index (χ1n) is 5.92. The maximum absolute atomic E-state index is 11.6. The van der Waals surface area contributed by atoms with Crippen LogP contribution in [0.1, 0.15) is 12.2 Å². The van der Waals surface area contributed by atoms with Gasteiger partial charge in [-0.1, -0.05) is 18.2 Å². The fraction of sp³-hybridized carbons (Fsp3) is 0.214. The number of anilines is 1. The van der Waals surface area contributed by atoms with Crippen molar-refractivity contribution in [2.45, 2.75) is 13.0 Å². The van der Waals surface area contributed by atoms with E-state index >= 15 is 0 Å². The third-order valence-electron chi connectivity index (χ3n) is 2.47. The van der Waals surface area contributed by atoms with E-state index in [2.05, 4.69) is 10.6 Å². The highest BCUT2D eigenvalue weighted by Gasteiger charge is 2.01. The van der Waals surface area contributed by atoms with Gasteiger partial charge < -0.3 is 15.1 Å². The van der Waals surface area contributed by atoms with E-state index in [0.29, 0.717) is 19.5 Å². The Bertz CT molecular complexity index is 466. The zero-order chi connectivity index (χ0) is 12.6. The second-order valence-corrected chi connectivity index (χ2v) is 3.92. The molecule has 0 spiro atoms. The highest BCUT2D eigenvalue weighted by molar-refractivity contribution is 5.90. The molecule has 18 heavy (non-hydrogen) atoms. The van der Waals surface area contributed by atoms with Crippen LogP contribution in [0.25, 0.3) is 0 Å². The second kappa shape index (κ2) is 6.61. The second-order valence-electron chi connectivity index (χ2n) is 3.92. The minimum absolute atomic E-state index is 0.00754. The molecule has 4 nitrogen and oxygen atoms in total. The molecule has 0 fully saturated rings. The summed E-state index contributed by atoms with van der Waals surface area (Å²) in [4.78, 5) is 11.6. The number of carbonyl (C=O) groups is 1. The summed E-state index contributed by atoms with van der Waals surface area (Å²) < 4.78 is 5.17. The van der Waals surface area contributed by atoms with Crippen LogP contribution in [-0.2, 0) is 11.3 Å². The van der Waals surface area contributed by atoms with Gasteiger partial charge in [0.2, 0.25) is 5.91 Å². The zero-order valence-corrected chi connectivity index (χ0v) is 10.1. The van der Waals surface area contributed by atoms with Crippen LogP contribution in [0.3, 0.4) is 0 Å². The van der Waals surface area contributed by atoms with Crippen molar-refractivity contribution in [3.8, 4) is 0 Å². The first kappa shape index (κ1) is 12.4. The van der Waals surface area contributed by atoms with Crippen molar-refractivity contribution < 1.29 is 9.21 Å². The number of benzene rings is 1. The Hall–Kier alpha value is -2.07. The lowest BCUT2D eigenvalue weighted by molar-refractivity contribution is -0.116. The summed E-state index contributed by atoms with van der Waals surface area (Å²) >= 11 is 0. The summed E-state index contributed by atoms with van der Waals surface area (Å²) in [5.74, 6) is 0.881. The Morgan fingerprint density at radius 2 is 1.94 bits per heavy atom. The Kier molecular flexibility index (Phi) is 4.55. The molecule has 0 saturated carbocycles.